The Kier molecular flexibility index (Phi) is 8.44. The van der Waals surface area contributed by atoms with Crippen molar-refractivity contribution in [3.05, 3.63) is 42.0 Å². The van der Waals surface area contributed by atoms with Crippen molar-refractivity contribution in [3.63, 3.8) is 0 Å². The summed E-state index contributed by atoms with van der Waals surface area (Å²) >= 11 is 0. The lowest BCUT2D eigenvalue weighted by Gasteiger charge is -2.16. The number of nitrogens with one attached hydrogen (secondary N) is 3. The fourth-order valence-corrected chi connectivity index (χ4v) is 4.06. The number of methoxy groups -OCH3 is 3. The van der Waals surface area contributed by atoms with Crippen LogP contribution in [-0.2, 0) is 26.2 Å². The average molecular weight is 466 g/mol. The summed E-state index contributed by atoms with van der Waals surface area (Å²) in [4.78, 5) is 23.5. The van der Waals surface area contributed by atoms with Crippen LogP contribution in [-0.4, -0.2) is 47.6 Å². The first-order valence-electron chi connectivity index (χ1n) is 9.57. The summed E-state index contributed by atoms with van der Waals surface area (Å²) in [6, 6.07) is 7.95. The standard InChI is InChI=1S/C21H27N3O7S/c1-13(24-32(27,28)17-8-6-16(7-9-17)23-14(2)25)21(26)22-12-15-10-18(29-3)20(31-5)19(11-15)30-4/h6-11,13,24H,12H2,1-5H3,(H,22,26)(H,23,25)/t13-/m0/s1. The largest absolute Gasteiger partial charge is 0.493 e. The van der Waals surface area contributed by atoms with Gasteiger partial charge in [0.1, 0.15) is 0 Å². The van der Waals surface area contributed by atoms with Gasteiger partial charge in [0.25, 0.3) is 0 Å². The molecule has 3 N–H and O–H groups in total. The van der Waals surface area contributed by atoms with Crippen molar-refractivity contribution < 1.29 is 32.2 Å². The number of rotatable bonds is 10. The van der Waals surface area contributed by atoms with Crippen LogP contribution in [0.1, 0.15) is 19.4 Å². The van der Waals surface area contributed by atoms with Crippen molar-refractivity contribution in [1.82, 2.24) is 10.0 Å². The number of anilines is 1. The molecule has 0 saturated heterocycles. The fourth-order valence-electron chi connectivity index (χ4n) is 2.85. The van der Waals surface area contributed by atoms with Gasteiger partial charge in [-0.15, -0.1) is 0 Å². The first-order valence-corrected chi connectivity index (χ1v) is 11.1. The molecule has 0 heterocycles. The van der Waals surface area contributed by atoms with Gasteiger partial charge in [0.15, 0.2) is 11.5 Å². The second-order valence-electron chi connectivity index (χ2n) is 6.80. The summed E-state index contributed by atoms with van der Waals surface area (Å²) < 4.78 is 43.3. The lowest BCUT2D eigenvalue weighted by Crippen LogP contribution is -2.44. The van der Waals surface area contributed by atoms with Gasteiger partial charge in [0, 0.05) is 19.2 Å². The van der Waals surface area contributed by atoms with E-state index in [1.54, 1.807) is 12.1 Å². The van der Waals surface area contributed by atoms with Crippen molar-refractivity contribution in [2.24, 2.45) is 0 Å². The van der Waals surface area contributed by atoms with Gasteiger partial charge in [0.2, 0.25) is 27.6 Å². The SMILES string of the molecule is COc1cc(CNC(=O)[C@H](C)NS(=O)(=O)c2ccc(NC(C)=O)cc2)cc(OC)c1OC. The molecule has 0 aromatic heterocycles. The van der Waals surface area contributed by atoms with Crippen LogP contribution < -0.4 is 29.6 Å². The molecule has 10 nitrogen and oxygen atoms in total. The maximum Gasteiger partial charge on any atom is 0.241 e. The zero-order valence-corrected chi connectivity index (χ0v) is 19.3. The van der Waals surface area contributed by atoms with Gasteiger partial charge in [-0.25, -0.2) is 8.42 Å². The second-order valence-corrected chi connectivity index (χ2v) is 8.51. The van der Waals surface area contributed by atoms with Gasteiger partial charge in [-0.3, -0.25) is 9.59 Å². The predicted octanol–water partition coefficient (Wildman–Crippen LogP) is 1.65. The normalized spacial score (nSPS) is 11.9. The molecule has 0 fully saturated rings. The Labute approximate surface area is 187 Å². The van der Waals surface area contributed by atoms with E-state index in [-0.39, 0.29) is 17.3 Å². The van der Waals surface area contributed by atoms with Crippen LogP contribution >= 0.6 is 0 Å². The van der Waals surface area contributed by atoms with E-state index in [2.05, 4.69) is 15.4 Å². The van der Waals surface area contributed by atoms with E-state index in [4.69, 9.17) is 14.2 Å². The number of amides is 2. The molecule has 0 aliphatic heterocycles. The molecule has 0 bridgehead atoms. The number of carbonyl (C=O) groups is 2. The molecule has 0 radical (unpaired) electrons. The monoisotopic (exact) mass is 465 g/mol. The minimum atomic E-state index is -3.94. The van der Waals surface area contributed by atoms with Crippen LogP contribution in [0.2, 0.25) is 0 Å². The quantitative estimate of drug-likeness (QED) is 0.486. The Morgan fingerprint density at radius 2 is 1.53 bits per heavy atom. The Hall–Kier alpha value is -3.31. The molecular weight excluding hydrogens is 438 g/mol. The van der Waals surface area contributed by atoms with Crippen LogP contribution in [0.25, 0.3) is 0 Å². The van der Waals surface area contributed by atoms with Gasteiger partial charge in [-0.05, 0) is 48.9 Å². The molecule has 2 aromatic rings. The van der Waals surface area contributed by atoms with Crippen molar-refractivity contribution >= 4 is 27.5 Å². The molecule has 2 amide bonds. The number of hydrogen-bond acceptors (Lipinski definition) is 7. The van der Waals surface area contributed by atoms with Gasteiger partial charge >= 0.3 is 0 Å². The van der Waals surface area contributed by atoms with Crippen LogP contribution in [0.4, 0.5) is 5.69 Å². The topological polar surface area (TPSA) is 132 Å². The molecule has 2 aromatic carbocycles. The van der Waals surface area contributed by atoms with Crippen molar-refractivity contribution in [1.29, 1.82) is 0 Å². The Balaban J connectivity index is 2.04. The predicted molar refractivity (Wildman–Crippen MR) is 118 cm³/mol. The van der Waals surface area contributed by atoms with E-state index >= 15 is 0 Å². The van der Waals surface area contributed by atoms with E-state index in [0.29, 0.717) is 28.5 Å². The third-order valence-corrected chi connectivity index (χ3v) is 5.96. The van der Waals surface area contributed by atoms with Crippen LogP contribution in [0.15, 0.2) is 41.3 Å². The molecule has 0 unspecified atom stereocenters. The summed E-state index contributed by atoms with van der Waals surface area (Å²) in [5, 5.41) is 5.23. The molecule has 2 rings (SSSR count). The molecule has 1 atom stereocenters. The first-order chi connectivity index (χ1) is 15.1. The molecule has 0 aliphatic carbocycles. The van der Waals surface area contributed by atoms with Gasteiger partial charge < -0.3 is 24.8 Å². The lowest BCUT2D eigenvalue weighted by atomic mass is 10.1. The Bertz CT molecular complexity index is 1040. The van der Waals surface area contributed by atoms with Crippen molar-refractivity contribution in [2.75, 3.05) is 26.6 Å². The maximum absolute atomic E-state index is 12.6. The van der Waals surface area contributed by atoms with Gasteiger partial charge in [0.05, 0.1) is 32.3 Å². The highest BCUT2D eigenvalue weighted by atomic mass is 32.2. The molecule has 32 heavy (non-hydrogen) atoms. The zero-order valence-electron chi connectivity index (χ0n) is 18.5. The highest BCUT2D eigenvalue weighted by Gasteiger charge is 2.22. The average Bonchev–Trinajstić information content (AvgIpc) is 2.76. The smallest absolute Gasteiger partial charge is 0.241 e. The first kappa shape index (κ1) is 25.0. The number of benzene rings is 2. The molecular formula is C21H27N3O7S. The number of hydrogen-bond donors (Lipinski definition) is 3. The Morgan fingerprint density at radius 3 is 2.00 bits per heavy atom. The highest BCUT2D eigenvalue weighted by molar-refractivity contribution is 7.89. The van der Waals surface area contributed by atoms with E-state index in [0.717, 1.165) is 0 Å². The van der Waals surface area contributed by atoms with Crippen molar-refractivity contribution in [3.8, 4) is 17.2 Å². The summed E-state index contributed by atoms with van der Waals surface area (Å²) in [6.45, 7) is 2.91. The molecule has 0 saturated carbocycles. The van der Waals surface area contributed by atoms with Crippen molar-refractivity contribution in [2.45, 2.75) is 31.3 Å². The minimum absolute atomic E-state index is 0.0316. The zero-order chi connectivity index (χ0) is 23.9. The molecule has 0 aliphatic rings. The second kappa shape index (κ2) is 10.8. The van der Waals surface area contributed by atoms with Crippen LogP contribution in [0.3, 0.4) is 0 Å². The van der Waals surface area contributed by atoms with E-state index in [1.807, 2.05) is 0 Å². The third-order valence-electron chi connectivity index (χ3n) is 4.40. The number of carbonyl (C=O) groups excluding carboxylic acids is 2. The number of sulfonamides is 1. The van der Waals surface area contributed by atoms with Crippen LogP contribution in [0.5, 0.6) is 17.2 Å². The summed E-state index contributed by atoms with van der Waals surface area (Å²) in [5.74, 6) is 0.518. The van der Waals surface area contributed by atoms with Gasteiger partial charge in [-0.1, -0.05) is 0 Å². The van der Waals surface area contributed by atoms with E-state index in [9.17, 15) is 18.0 Å². The third kappa shape index (κ3) is 6.34. The van der Waals surface area contributed by atoms with E-state index < -0.39 is 22.0 Å². The highest BCUT2D eigenvalue weighted by Crippen LogP contribution is 2.38. The number of ether oxygens (including phenoxy) is 3. The van der Waals surface area contributed by atoms with E-state index in [1.165, 1.54) is 59.4 Å². The minimum Gasteiger partial charge on any atom is -0.493 e. The molecule has 174 valence electrons. The molecule has 0 spiro atoms. The molecule has 11 heteroatoms. The van der Waals surface area contributed by atoms with Crippen LogP contribution in [0, 0.1) is 0 Å². The van der Waals surface area contributed by atoms with Gasteiger partial charge in [-0.2, -0.15) is 4.72 Å². The lowest BCUT2D eigenvalue weighted by molar-refractivity contribution is -0.122. The maximum atomic E-state index is 12.6. The summed E-state index contributed by atoms with van der Waals surface area (Å²) in [5.41, 5.74) is 1.14. The Morgan fingerprint density at radius 1 is 0.969 bits per heavy atom. The summed E-state index contributed by atoms with van der Waals surface area (Å²) in [6.07, 6.45) is 0. The summed E-state index contributed by atoms with van der Waals surface area (Å²) in [7, 11) is 0.517. The fraction of sp³-hybridized carbons (Fsp3) is 0.333.